The van der Waals surface area contributed by atoms with E-state index in [4.69, 9.17) is 0 Å². The summed E-state index contributed by atoms with van der Waals surface area (Å²) in [6, 6.07) is 3.33. The number of halogens is 3. The molecular weight excluding hydrogens is 230 g/mol. The highest BCUT2D eigenvalue weighted by molar-refractivity contribution is 9.09. The zero-order chi connectivity index (χ0) is 9.14. The van der Waals surface area contributed by atoms with E-state index in [0.717, 1.165) is 12.1 Å². The Balaban J connectivity index is 3.04. The van der Waals surface area contributed by atoms with Crippen molar-refractivity contribution in [2.75, 3.05) is 0 Å². The summed E-state index contributed by atoms with van der Waals surface area (Å²) in [6.07, 6.45) is 0.604. The van der Waals surface area contributed by atoms with Crippen molar-refractivity contribution >= 4 is 22.2 Å². The van der Waals surface area contributed by atoms with Gasteiger partial charge in [-0.05, 0) is 17.7 Å². The van der Waals surface area contributed by atoms with Crippen molar-refractivity contribution in [1.29, 1.82) is 0 Å². The minimum atomic E-state index is -0.946. The topological polar surface area (TPSA) is 17.1 Å². The molecule has 0 aliphatic heterocycles. The van der Waals surface area contributed by atoms with E-state index in [0.29, 0.717) is 11.8 Å². The second-order valence-corrected chi connectivity index (χ2v) is 3.20. The predicted octanol–water partition coefficient (Wildman–Crippen LogP) is 2.60. The summed E-state index contributed by atoms with van der Waals surface area (Å²) < 4.78 is 25.0. The van der Waals surface area contributed by atoms with Crippen LogP contribution in [0.5, 0.6) is 0 Å². The number of hydrogen-bond donors (Lipinski definition) is 0. The molecule has 0 saturated heterocycles. The molecular formula is C8H5BrF2O. The van der Waals surface area contributed by atoms with E-state index in [9.17, 15) is 13.6 Å². The van der Waals surface area contributed by atoms with E-state index < -0.39 is 16.5 Å². The van der Waals surface area contributed by atoms with Crippen LogP contribution in [0.2, 0.25) is 0 Å². The van der Waals surface area contributed by atoms with Crippen LogP contribution in [0, 0.1) is 11.6 Å². The molecule has 0 heterocycles. The predicted molar refractivity (Wildman–Crippen MR) is 44.1 cm³/mol. The van der Waals surface area contributed by atoms with Crippen molar-refractivity contribution in [2.45, 2.75) is 4.83 Å². The van der Waals surface area contributed by atoms with Crippen LogP contribution in [0.15, 0.2) is 18.2 Å². The van der Waals surface area contributed by atoms with Crippen molar-refractivity contribution in [1.82, 2.24) is 0 Å². The molecule has 0 saturated carbocycles. The Labute approximate surface area is 76.5 Å². The molecule has 0 spiro atoms. The smallest absolute Gasteiger partial charge is 0.159 e. The molecule has 1 nitrogen and oxygen atoms in total. The van der Waals surface area contributed by atoms with E-state index in [1.54, 1.807) is 0 Å². The van der Waals surface area contributed by atoms with Gasteiger partial charge in [-0.2, -0.15) is 0 Å². The van der Waals surface area contributed by atoms with Gasteiger partial charge in [0.05, 0.1) is 4.83 Å². The highest BCUT2D eigenvalue weighted by Gasteiger charge is 2.08. The number of rotatable bonds is 2. The van der Waals surface area contributed by atoms with Gasteiger partial charge >= 0.3 is 0 Å². The van der Waals surface area contributed by atoms with E-state index in [1.807, 2.05) is 0 Å². The lowest BCUT2D eigenvalue weighted by Gasteiger charge is -2.01. The van der Waals surface area contributed by atoms with Gasteiger partial charge in [-0.25, -0.2) is 8.78 Å². The lowest BCUT2D eigenvalue weighted by Crippen LogP contribution is -1.93. The SMILES string of the molecule is O=CC(Br)c1ccc(F)c(F)c1. The molecule has 0 aromatic heterocycles. The Bertz CT molecular complexity index is 301. The quantitative estimate of drug-likeness (QED) is 0.568. The van der Waals surface area contributed by atoms with Crippen LogP contribution in [-0.2, 0) is 4.79 Å². The Kier molecular flexibility index (Phi) is 2.92. The van der Waals surface area contributed by atoms with Crippen LogP contribution in [0.4, 0.5) is 8.78 Å². The van der Waals surface area contributed by atoms with Crippen molar-refractivity contribution in [2.24, 2.45) is 0 Å². The normalized spacial score (nSPS) is 12.6. The zero-order valence-corrected chi connectivity index (χ0v) is 7.51. The number of benzene rings is 1. The van der Waals surface area contributed by atoms with E-state index >= 15 is 0 Å². The maximum Gasteiger partial charge on any atom is 0.159 e. The molecule has 1 aromatic rings. The van der Waals surface area contributed by atoms with Gasteiger partial charge in [0.25, 0.3) is 0 Å². The molecule has 0 radical (unpaired) electrons. The Hall–Kier alpha value is -0.770. The van der Waals surface area contributed by atoms with Crippen LogP contribution in [0.1, 0.15) is 10.4 Å². The van der Waals surface area contributed by atoms with Crippen molar-refractivity contribution in [3.8, 4) is 0 Å². The molecule has 1 rings (SSSR count). The number of carbonyl (C=O) groups excluding carboxylic acids is 1. The standard InChI is InChI=1S/C8H5BrF2O/c9-6(4-12)5-1-2-7(10)8(11)3-5/h1-4,6H. The summed E-state index contributed by atoms with van der Waals surface area (Å²) in [5, 5.41) is 0. The molecule has 0 aliphatic carbocycles. The van der Waals surface area contributed by atoms with Gasteiger partial charge in [-0.1, -0.05) is 22.0 Å². The first-order valence-corrected chi connectivity index (χ1v) is 4.11. The number of hydrogen-bond acceptors (Lipinski definition) is 1. The van der Waals surface area contributed by atoms with Crippen molar-refractivity contribution in [3.63, 3.8) is 0 Å². The summed E-state index contributed by atoms with van der Waals surface area (Å²) in [7, 11) is 0. The van der Waals surface area contributed by atoms with Gasteiger partial charge in [0.15, 0.2) is 11.6 Å². The average molecular weight is 235 g/mol. The van der Waals surface area contributed by atoms with Gasteiger partial charge in [0.1, 0.15) is 6.29 Å². The maximum absolute atomic E-state index is 12.6. The monoisotopic (exact) mass is 234 g/mol. The third-order valence-electron chi connectivity index (χ3n) is 1.38. The number of carbonyl (C=O) groups is 1. The lowest BCUT2D eigenvalue weighted by atomic mass is 10.1. The second kappa shape index (κ2) is 3.76. The van der Waals surface area contributed by atoms with E-state index in [-0.39, 0.29) is 0 Å². The summed E-state index contributed by atoms with van der Waals surface area (Å²) in [5.74, 6) is -1.86. The Morgan fingerprint density at radius 2 is 2.00 bits per heavy atom. The fourth-order valence-corrected chi connectivity index (χ4v) is 1.05. The molecule has 1 atom stereocenters. The summed E-state index contributed by atoms with van der Waals surface area (Å²) >= 11 is 2.99. The third-order valence-corrected chi connectivity index (χ3v) is 2.13. The highest BCUT2D eigenvalue weighted by atomic mass is 79.9. The molecule has 64 valence electrons. The van der Waals surface area contributed by atoms with E-state index in [2.05, 4.69) is 15.9 Å². The van der Waals surface area contributed by atoms with Crippen molar-refractivity contribution in [3.05, 3.63) is 35.4 Å². The molecule has 0 aliphatic rings. The van der Waals surface area contributed by atoms with Crippen LogP contribution < -0.4 is 0 Å². The summed E-state index contributed by atoms with van der Waals surface area (Å²) in [4.78, 5) is 9.66. The first-order valence-electron chi connectivity index (χ1n) is 3.19. The van der Waals surface area contributed by atoms with Gasteiger partial charge in [-0.3, -0.25) is 0 Å². The van der Waals surface area contributed by atoms with Gasteiger partial charge in [-0.15, -0.1) is 0 Å². The fourth-order valence-electron chi connectivity index (χ4n) is 0.762. The van der Waals surface area contributed by atoms with Crippen LogP contribution in [0.25, 0.3) is 0 Å². The lowest BCUT2D eigenvalue weighted by molar-refractivity contribution is -0.107. The average Bonchev–Trinajstić information content (AvgIpc) is 2.08. The van der Waals surface area contributed by atoms with E-state index in [1.165, 1.54) is 6.07 Å². The van der Waals surface area contributed by atoms with Gasteiger partial charge < -0.3 is 4.79 Å². The number of alkyl halides is 1. The molecule has 1 unspecified atom stereocenters. The zero-order valence-electron chi connectivity index (χ0n) is 5.93. The molecule has 0 amide bonds. The second-order valence-electron chi connectivity index (χ2n) is 2.21. The Morgan fingerprint density at radius 1 is 1.33 bits per heavy atom. The minimum Gasteiger partial charge on any atom is -0.302 e. The van der Waals surface area contributed by atoms with Crippen LogP contribution in [0.3, 0.4) is 0 Å². The van der Waals surface area contributed by atoms with Crippen molar-refractivity contribution < 1.29 is 13.6 Å². The fraction of sp³-hybridized carbons (Fsp3) is 0.125. The number of aldehydes is 1. The summed E-state index contributed by atoms with van der Waals surface area (Å²) in [6.45, 7) is 0. The molecule has 1 aromatic carbocycles. The molecule has 12 heavy (non-hydrogen) atoms. The Morgan fingerprint density at radius 3 is 2.50 bits per heavy atom. The first-order chi connectivity index (χ1) is 5.65. The molecule has 0 fully saturated rings. The first kappa shape index (κ1) is 9.32. The van der Waals surface area contributed by atoms with Gasteiger partial charge in [0, 0.05) is 0 Å². The minimum absolute atomic E-state index is 0.406. The third kappa shape index (κ3) is 1.88. The van der Waals surface area contributed by atoms with Gasteiger partial charge in [0.2, 0.25) is 0 Å². The maximum atomic E-state index is 12.6. The molecule has 0 N–H and O–H groups in total. The van der Waals surface area contributed by atoms with Crippen LogP contribution in [-0.4, -0.2) is 6.29 Å². The van der Waals surface area contributed by atoms with Crippen LogP contribution >= 0.6 is 15.9 Å². The summed E-state index contributed by atoms with van der Waals surface area (Å²) in [5.41, 5.74) is 0.406. The molecule has 4 heteroatoms. The molecule has 0 bridgehead atoms. The highest BCUT2D eigenvalue weighted by Crippen LogP contribution is 2.21. The largest absolute Gasteiger partial charge is 0.302 e.